The summed E-state index contributed by atoms with van der Waals surface area (Å²) in [5.74, 6) is 0. The van der Waals surface area contributed by atoms with Crippen molar-refractivity contribution >= 4 is 0 Å². The molecule has 1 saturated heterocycles. The molecule has 1 heterocycles. The van der Waals surface area contributed by atoms with Crippen LogP contribution in [0, 0.1) is 5.21 Å². The van der Waals surface area contributed by atoms with Gasteiger partial charge in [-0.05, 0) is 19.3 Å². The number of hydrogen-bond acceptors (Lipinski definition) is 2. The molecule has 102 valence electrons. The molecule has 3 nitrogen and oxygen atoms in total. The van der Waals surface area contributed by atoms with Gasteiger partial charge in [-0.3, -0.25) is 0 Å². The highest BCUT2D eigenvalue weighted by atomic mass is 16.6. The Morgan fingerprint density at radius 1 is 1.12 bits per heavy atom. The molecule has 0 amide bonds. The average Bonchev–Trinajstić information content (AvgIpc) is 2.32. The van der Waals surface area contributed by atoms with E-state index in [9.17, 15) is 5.21 Å². The number of quaternary nitrogens is 1. The number of unbranched alkanes of at least 4 members (excludes halogenated alkanes) is 4. The van der Waals surface area contributed by atoms with Gasteiger partial charge < -0.3 is 14.6 Å². The Bertz CT molecular complexity index is 199. The van der Waals surface area contributed by atoms with Crippen molar-refractivity contribution in [2.24, 2.45) is 0 Å². The molecule has 2 unspecified atom stereocenters. The van der Waals surface area contributed by atoms with Crippen molar-refractivity contribution < 1.29 is 9.38 Å². The highest BCUT2D eigenvalue weighted by Crippen LogP contribution is 2.19. The largest absolute Gasteiger partial charge is 0.633 e. The molecule has 0 aromatic rings. The van der Waals surface area contributed by atoms with Crippen LogP contribution >= 0.6 is 0 Å². The fourth-order valence-electron chi connectivity index (χ4n) is 2.54. The maximum Gasteiger partial charge on any atom is 0.107 e. The summed E-state index contributed by atoms with van der Waals surface area (Å²) in [6.45, 7) is 7.20. The Balaban J connectivity index is 2.24. The number of ether oxygens (including phenoxy) is 1. The minimum Gasteiger partial charge on any atom is -0.633 e. The van der Waals surface area contributed by atoms with Crippen LogP contribution in [0.5, 0.6) is 0 Å². The second-order valence-electron chi connectivity index (χ2n) is 5.38. The molecule has 1 rings (SSSR count). The minimum atomic E-state index is -0.00189. The normalized spacial score (nSPS) is 29.5. The van der Waals surface area contributed by atoms with Gasteiger partial charge in [0.1, 0.15) is 19.2 Å². The van der Waals surface area contributed by atoms with E-state index in [4.69, 9.17) is 4.74 Å². The molecule has 0 radical (unpaired) electrons. The van der Waals surface area contributed by atoms with Crippen molar-refractivity contribution in [3.8, 4) is 0 Å². The van der Waals surface area contributed by atoms with E-state index >= 15 is 0 Å². The molecule has 0 spiro atoms. The Morgan fingerprint density at radius 2 is 1.88 bits per heavy atom. The maximum atomic E-state index is 12.5. The first kappa shape index (κ1) is 14.9. The van der Waals surface area contributed by atoms with Crippen LogP contribution in [0.1, 0.15) is 58.8 Å². The van der Waals surface area contributed by atoms with Gasteiger partial charge in [-0.2, -0.15) is 0 Å². The second-order valence-corrected chi connectivity index (χ2v) is 5.38. The van der Waals surface area contributed by atoms with Crippen LogP contribution in [0.4, 0.5) is 0 Å². The monoisotopic (exact) mass is 243 g/mol. The number of nitrogens with zero attached hydrogens (tertiary/aromatic N) is 1. The van der Waals surface area contributed by atoms with Gasteiger partial charge in [0.05, 0.1) is 13.2 Å². The third kappa shape index (κ3) is 5.84. The second kappa shape index (κ2) is 8.06. The Morgan fingerprint density at radius 3 is 2.59 bits per heavy atom. The molecular weight excluding hydrogens is 214 g/mol. The first-order valence-corrected chi connectivity index (χ1v) is 7.39. The van der Waals surface area contributed by atoms with Crippen LogP contribution in [-0.4, -0.2) is 37.0 Å². The summed E-state index contributed by atoms with van der Waals surface area (Å²) < 4.78 is 5.69. The van der Waals surface area contributed by atoms with E-state index in [0.717, 1.165) is 19.4 Å². The fourth-order valence-corrected chi connectivity index (χ4v) is 2.54. The molecule has 0 aromatic heterocycles. The molecule has 2 atom stereocenters. The highest BCUT2D eigenvalue weighted by Gasteiger charge is 2.27. The molecule has 3 heteroatoms. The van der Waals surface area contributed by atoms with Crippen LogP contribution < -0.4 is 0 Å². The summed E-state index contributed by atoms with van der Waals surface area (Å²) in [4.78, 5) is 0. The van der Waals surface area contributed by atoms with Crippen molar-refractivity contribution in [2.45, 2.75) is 64.9 Å². The van der Waals surface area contributed by atoms with Crippen LogP contribution in [-0.2, 0) is 4.74 Å². The molecule has 1 aliphatic heterocycles. The zero-order valence-corrected chi connectivity index (χ0v) is 11.6. The predicted octanol–water partition coefficient (Wildman–Crippen LogP) is 3.47. The van der Waals surface area contributed by atoms with E-state index in [1.807, 2.05) is 0 Å². The summed E-state index contributed by atoms with van der Waals surface area (Å²) in [5.41, 5.74) is 0. The van der Waals surface area contributed by atoms with Crippen molar-refractivity contribution in [3.63, 3.8) is 0 Å². The van der Waals surface area contributed by atoms with Gasteiger partial charge in [-0.15, -0.1) is 0 Å². The zero-order chi connectivity index (χ0) is 12.6. The fraction of sp³-hybridized carbons (Fsp3) is 1.00. The molecule has 0 aliphatic carbocycles. The quantitative estimate of drug-likeness (QED) is 0.371. The van der Waals surface area contributed by atoms with Gasteiger partial charge in [0.25, 0.3) is 0 Å². The number of hydrogen-bond donors (Lipinski definition) is 0. The van der Waals surface area contributed by atoms with Gasteiger partial charge >= 0.3 is 0 Å². The molecule has 1 aliphatic rings. The lowest BCUT2D eigenvalue weighted by atomic mass is 10.1. The van der Waals surface area contributed by atoms with Crippen LogP contribution in [0.15, 0.2) is 0 Å². The summed E-state index contributed by atoms with van der Waals surface area (Å²) in [6.07, 6.45) is 8.43. The first-order valence-electron chi connectivity index (χ1n) is 7.39. The predicted molar refractivity (Wildman–Crippen MR) is 71.6 cm³/mol. The van der Waals surface area contributed by atoms with Gasteiger partial charge in [-0.1, -0.05) is 39.5 Å². The number of morpholine rings is 1. The summed E-state index contributed by atoms with van der Waals surface area (Å²) >= 11 is 0. The van der Waals surface area contributed by atoms with E-state index in [0.29, 0.717) is 19.7 Å². The summed E-state index contributed by atoms with van der Waals surface area (Å²) in [5, 5.41) is 12.5. The average molecular weight is 243 g/mol. The third-order valence-electron chi connectivity index (χ3n) is 3.69. The molecule has 0 saturated carbocycles. The zero-order valence-electron chi connectivity index (χ0n) is 11.6. The minimum absolute atomic E-state index is 0.00189. The molecular formula is C14H29NO2. The molecule has 0 bridgehead atoms. The van der Waals surface area contributed by atoms with Crippen LogP contribution in [0.2, 0.25) is 0 Å². The summed E-state index contributed by atoms with van der Waals surface area (Å²) in [7, 11) is 0. The van der Waals surface area contributed by atoms with Gasteiger partial charge in [0.2, 0.25) is 0 Å². The van der Waals surface area contributed by atoms with Gasteiger partial charge in [0, 0.05) is 0 Å². The standard InChI is InChI=1S/C14H29NO2/c1-3-5-7-8-10-15(16)11-12-17-14(13-15)9-6-4-2/h14H,3-13H2,1-2H3. The lowest BCUT2D eigenvalue weighted by Gasteiger charge is -2.48. The van der Waals surface area contributed by atoms with Gasteiger partial charge in [-0.25, -0.2) is 0 Å². The summed E-state index contributed by atoms with van der Waals surface area (Å²) in [6, 6.07) is 0. The molecule has 0 aromatic carbocycles. The Kier molecular flexibility index (Phi) is 7.09. The van der Waals surface area contributed by atoms with Gasteiger partial charge in [0.15, 0.2) is 0 Å². The van der Waals surface area contributed by atoms with E-state index in [2.05, 4.69) is 13.8 Å². The molecule has 0 N–H and O–H groups in total. The molecule has 17 heavy (non-hydrogen) atoms. The topological polar surface area (TPSA) is 32.3 Å². The van der Waals surface area contributed by atoms with Crippen molar-refractivity contribution in [3.05, 3.63) is 5.21 Å². The highest BCUT2D eigenvalue weighted by molar-refractivity contribution is 4.64. The smallest absolute Gasteiger partial charge is 0.107 e. The van der Waals surface area contributed by atoms with E-state index in [1.165, 1.54) is 32.1 Å². The lowest BCUT2D eigenvalue weighted by molar-refractivity contribution is -0.892. The van der Waals surface area contributed by atoms with Crippen molar-refractivity contribution in [1.82, 2.24) is 0 Å². The molecule has 1 fully saturated rings. The van der Waals surface area contributed by atoms with Crippen molar-refractivity contribution in [1.29, 1.82) is 0 Å². The Labute approximate surface area is 106 Å². The Hall–Kier alpha value is -0.120. The first-order chi connectivity index (χ1) is 8.20. The van der Waals surface area contributed by atoms with Crippen LogP contribution in [0.25, 0.3) is 0 Å². The van der Waals surface area contributed by atoms with E-state index < -0.39 is 0 Å². The van der Waals surface area contributed by atoms with E-state index in [-0.39, 0.29) is 10.8 Å². The van der Waals surface area contributed by atoms with Crippen molar-refractivity contribution in [2.75, 3.05) is 26.2 Å². The van der Waals surface area contributed by atoms with Crippen LogP contribution in [0.3, 0.4) is 0 Å². The number of rotatable bonds is 8. The number of hydroxylamine groups is 3. The third-order valence-corrected chi connectivity index (χ3v) is 3.69. The SMILES string of the molecule is CCCCCC[N+]1([O-])CCOC(CCCC)C1. The maximum absolute atomic E-state index is 12.5. The lowest BCUT2D eigenvalue weighted by Crippen LogP contribution is -2.54. The van der Waals surface area contributed by atoms with E-state index in [1.54, 1.807) is 0 Å².